The molecule has 0 saturated carbocycles. The number of benzene rings is 1. The number of nitrogens with one attached hydrogen (secondary N) is 1. The molecule has 0 aliphatic carbocycles. The van der Waals surface area contributed by atoms with Crippen LogP contribution in [-0.2, 0) is 16.1 Å². The number of primary amides is 1. The van der Waals surface area contributed by atoms with E-state index in [4.69, 9.17) is 10.5 Å². The summed E-state index contributed by atoms with van der Waals surface area (Å²) in [5, 5.41) is 2.41. The van der Waals surface area contributed by atoms with Gasteiger partial charge in [-0.2, -0.15) is 0 Å². The van der Waals surface area contributed by atoms with Gasteiger partial charge in [-0.3, -0.25) is 24.4 Å². The van der Waals surface area contributed by atoms with E-state index in [0.717, 1.165) is 51.0 Å². The van der Waals surface area contributed by atoms with Crippen molar-refractivity contribution in [2.24, 2.45) is 5.73 Å². The van der Waals surface area contributed by atoms with Crippen LogP contribution < -0.4 is 16.6 Å². The zero-order valence-corrected chi connectivity index (χ0v) is 17.1. The van der Waals surface area contributed by atoms with E-state index in [-0.39, 0.29) is 5.56 Å². The van der Waals surface area contributed by atoms with Gasteiger partial charge in [0.15, 0.2) is 5.16 Å². The highest BCUT2D eigenvalue weighted by Gasteiger charge is 2.20. The Bertz CT molecular complexity index is 942. The van der Waals surface area contributed by atoms with E-state index in [0.29, 0.717) is 22.6 Å². The lowest BCUT2D eigenvalue weighted by Crippen LogP contribution is -2.39. The molecule has 1 saturated heterocycles. The fraction of sp³-hybridized carbons (Fsp3) is 0.474. The molecule has 1 aromatic carbocycles. The van der Waals surface area contributed by atoms with E-state index in [9.17, 15) is 14.4 Å². The summed E-state index contributed by atoms with van der Waals surface area (Å²) < 4.78 is 6.98. The first-order valence-electron chi connectivity index (χ1n) is 9.52. The maximum absolute atomic E-state index is 13.1. The number of carbonyl (C=O) groups is 2. The number of amides is 3. The van der Waals surface area contributed by atoms with Crippen molar-refractivity contribution in [3.63, 3.8) is 0 Å². The van der Waals surface area contributed by atoms with Gasteiger partial charge in [-0.05, 0) is 25.5 Å². The first-order chi connectivity index (χ1) is 14.0. The van der Waals surface area contributed by atoms with Gasteiger partial charge >= 0.3 is 6.03 Å². The quantitative estimate of drug-likeness (QED) is 0.503. The maximum Gasteiger partial charge on any atom is 0.318 e. The van der Waals surface area contributed by atoms with Crippen LogP contribution in [0.1, 0.15) is 13.3 Å². The van der Waals surface area contributed by atoms with Crippen molar-refractivity contribution >= 4 is 34.6 Å². The zero-order valence-electron chi connectivity index (χ0n) is 16.3. The number of fused-ring (bicyclic) bond motifs is 1. The van der Waals surface area contributed by atoms with Crippen LogP contribution in [0.3, 0.4) is 0 Å². The number of hydrogen-bond acceptors (Lipinski definition) is 7. The van der Waals surface area contributed by atoms with Crippen LogP contribution >= 0.6 is 11.8 Å². The summed E-state index contributed by atoms with van der Waals surface area (Å²) >= 11 is 1.13. The molecule has 9 nitrogen and oxygen atoms in total. The Morgan fingerprint density at radius 1 is 1.28 bits per heavy atom. The van der Waals surface area contributed by atoms with E-state index in [1.165, 1.54) is 0 Å². The molecule has 0 unspecified atom stereocenters. The van der Waals surface area contributed by atoms with Gasteiger partial charge in [0.1, 0.15) is 0 Å². The Kier molecular flexibility index (Phi) is 7.24. The molecule has 3 N–H and O–H groups in total. The minimum absolute atomic E-state index is 0.136. The fourth-order valence-electron chi connectivity index (χ4n) is 3.15. The highest BCUT2D eigenvalue weighted by molar-refractivity contribution is 8.00. The van der Waals surface area contributed by atoms with Crippen LogP contribution in [0, 0.1) is 0 Å². The molecular formula is C19H25N5O4S. The Hall–Kier alpha value is -2.43. The van der Waals surface area contributed by atoms with Gasteiger partial charge in [0.05, 0.1) is 29.4 Å². The second-order valence-corrected chi connectivity index (χ2v) is 8.10. The van der Waals surface area contributed by atoms with Crippen LogP contribution in [0.15, 0.2) is 34.2 Å². The maximum atomic E-state index is 13.1. The number of ether oxygens (including phenoxy) is 1. The molecule has 1 aliphatic heterocycles. The zero-order chi connectivity index (χ0) is 20.8. The molecule has 1 atom stereocenters. The highest BCUT2D eigenvalue weighted by Crippen LogP contribution is 2.23. The molecule has 0 spiro atoms. The molecule has 2 aromatic rings. The Balaban J connectivity index is 1.81. The molecule has 0 bridgehead atoms. The molecule has 3 amide bonds. The minimum atomic E-state index is -0.906. The van der Waals surface area contributed by atoms with Crippen LogP contribution in [0.5, 0.6) is 0 Å². The van der Waals surface area contributed by atoms with E-state index < -0.39 is 17.2 Å². The monoisotopic (exact) mass is 419 g/mol. The summed E-state index contributed by atoms with van der Waals surface area (Å²) in [5.41, 5.74) is 5.46. The van der Waals surface area contributed by atoms with Crippen molar-refractivity contribution in [1.29, 1.82) is 0 Å². The van der Waals surface area contributed by atoms with Crippen molar-refractivity contribution < 1.29 is 14.3 Å². The van der Waals surface area contributed by atoms with Crippen molar-refractivity contribution in [1.82, 2.24) is 19.8 Å². The van der Waals surface area contributed by atoms with Crippen LogP contribution in [-0.4, -0.2) is 64.5 Å². The molecule has 1 fully saturated rings. The number of nitrogens with two attached hydrogens (primary N) is 1. The third-order valence-electron chi connectivity index (χ3n) is 4.68. The molecule has 1 aromatic heterocycles. The van der Waals surface area contributed by atoms with E-state index in [2.05, 4.69) is 15.2 Å². The van der Waals surface area contributed by atoms with Crippen LogP contribution in [0.2, 0.25) is 0 Å². The average Bonchev–Trinajstić information content (AvgIpc) is 2.70. The molecular weight excluding hydrogens is 394 g/mol. The summed E-state index contributed by atoms with van der Waals surface area (Å²) in [4.78, 5) is 43.0. The number of imide groups is 1. The number of urea groups is 1. The minimum Gasteiger partial charge on any atom is -0.379 e. The highest BCUT2D eigenvalue weighted by atomic mass is 32.2. The van der Waals surface area contributed by atoms with Crippen LogP contribution in [0.25, 0.3) is 10.9 Å². The second kappa shape index (κ2) is 9.86. The fourth-order valence-corrected chi connectivity index (χ4v) is 4.08. The van der Waals surface area contributed by atoms with E-state index >= 15 is 0 Å². The first kappa shape index (κ1) is 21.3. The van der Waals surface area contributed by atoms with Gasteiger partial charge < -0.3 is 10.5 Å². The predicted molar refractivity (Wildman–Crippen MR) is 111 cm³/mol. The number of morpholine rings is 1. The normalized spacial score (nSPS) is 15.9. The van der Waals surface area contributed by atoms with Crippen LogP contribution in [0.4, 0.5) is 4.79 Å². The lowest BCUT2D eigenvalue weighted by molar-refractivity contribution is -0.119. The number of para-hydroxylation sites is 1. The van der Waals surface area contributed by atoms with Gasteiger partial charge in [-0.1, -0.05) is 23.9 Å². The van der Waals surface area contributed by atoms with E-state index in [1.807, 2.05) is 6.07 Å². The van der Waals surface area contributed by atoms with Crippen molar-refractivity contribution in [3.8, 4) is 0 Å². The smallest absolute Gasteiger partial charge is 0.318 e. The molecule has 2 heterocycles. The number of aromatic nitrogens is 2. The van der Waals surface area contributed by atoms with Crippen molar-refractivity contribution in [2.75, 3.05) is 32.8 Å². The molecule has 3 rings (SSSR count). The summed E-state index contributed by atoms with van der Waals surface area (Å²) in [6.07, 6.45) is 0.773. The summed E-state index contributed by atoms with van der Waals surface area (Å²) in [7, 11) is 0. The first-order valence-corrected chi connectivity index (χ1v) is 10.4. The summed E-state index contributed by atoms with van der Waals surface area (Å²) in [5.74, 6) is -0.523. The predicted octanol–water partition coefficient (Wildman–Crippen LogP) is 0.794. The number of rotatable bonds is 7. The van der Waals surface area contributed by atoms with Gasteiger partial charge in [0.25, 0.3) is 5.56 Å². The number of thioether (sulfide) groups is 1. The second-order valence-electron chi connectivity index (χ2n) is 6.79. The third kappa shape index (κ3) is 5.55. The lowest BCUT2D eigenvalue weighted by Gasteiger charge is -2.26. The van der Waals surface area contributed by atoms with Crippen molar-refractivity contribution in [3.05, 3.63) is 34.6 Å². The summed E-state index contributed by atoms with van der Waals surface area (Å²) in [6, 6.07) is 6.24. The average molecular weight is 420 g/mol. The topological polar surface area (TPSA) is 120 Å². The Morgan fingerprint density at radius 3 is 2.72 bits per heavy atom. The Labute approximate surface area is 172 Å². The number of carbonyl (C=O) groups excluding carboxylic acids is 2. The SMILES string of the molecule is C[C@H](Sc1nc2ccccc2c(=O)n1CCCN1CCOCC1)C(=O)NC(N)=O. The number of nitrogens with zero attached hydrogens (tertiary/aromatic N) is 3. The largest absolute Gasteiger partial charge is 0.379 e. The van der Waals surface area contributed by atoms with Gasteiger partial charge in [-0.25, -0.2) is 9.78 Å². The van der Waals surface area contributed by atoms with E-state index in [1.54, 1.807) is 29.7 Å². The van der Waals surface area contributed by atoms with Crippen molar-refractivity contribution in [2.45, 2.75) is 30.3 Å². The molecule has 0 radical (unpaired) electrons. The third-order valence-corrected chi connectivity index (χ3v) is 5.77. The van der Waals surface area contributed by atoms with Gasteiger partial charge in [0.2, 0.25) is 5.91 Å². The molecule has 10 heteroatoms. The lowest BCUT2D eigenvalue weighted by atomic mass is 10.2. The standard InChI is InChI=1S/C19H25N5O4S/c1-13(16(25)22-18(20)27)29-19-21-15-6-3-2-5-14(15)17(26)24(19)8-4-7-23-9-11-28-12-10-23/h2-3,5-6,13H,4,7-12H2,1H3,(H3,20,22,25,27)/t13-/m0/s1. The summed E-state index contributed by atoms with van der Waals surface area (Å²) in [6.45, 7) is 6.21. The van der Waals surface area contributed by atoms with Gasteiger partial charge in [-0.15, -0.1) is 0 Å². The number of hydrogen-bond donors (Lipinski definition) is 2. The molecule has 29 heavy (non-hydrogen) atoms. The Morgan fingerprint density at radius 2 is 2.00 bits per heavy atom. The molecule has 1 aliphatic rings. The van der Waals surface area contributed by atoms with Gasteiger partial charge in [0, 0.05) is 26.2 Å². The molecule has 156 valence electrons.